The molecule has 118 valence electrons. The van der Waals surface area contributed by atoms with E-state index in [1.807, 2.05) is 0 Å². The summed E-state index contributed by atoms with van der Waals surface area (Å²) < 4.78 is 8.85. The number of hydrogen-bond donors (Lipinski definition) is 3. The van der Waals surface area contributed by atoms with Gasteiger partial charge in [-0.3, -0.25) is 3.56 Å². The van der Waals surface area contributed by atoms with Gasteiger partial charge in [-0.1, -0.05) is 31.2 Å². The fourth-order valence-electron chi connectivity index (χ4n) is 2.18. The summed E-state index contributed by atoms with van der Waals surface area (Å²) in [5, 5.41) is 7.83. The quantitative estimate of drug-likeness (QED) is 0.592. The second-order valence-electron chi connectivity index (χ2n) is 5.35. The van der Waals surface area contributed by atoms with Crippen LogP contribution in [0.3, 0.4) is 0 Å². The fraction of sp³-hybridized carbons (Fsp3) is 0.353. The van der Waals surface area contributed by atoms with E-state index in [2.05, 4.69) is 79.1 Å². The van der Waals surface area contributed by atoms with Crippen molar-refractivity contribution in [2.45, 2.75) is 39.3 Å². The third-order valence-electron chi connectivity index (χ3n) is 3.40. The van der Waals surface area contributed by atoms with Gasteiger partial charge in [-0.2, -0.15) is 5.10 Å². The van der Waals surface area contributed by atoms with Crippen LogP contribution >= 0.6 is 21.0 Å². The van der Waals surface area contributed by atoms with Crippen LogP contribution in [0.4, 0.5) is 5.69 Å². The van der Waals surface area contributed by atoms with E-state index in [0.717, 1.165) is 23.4 Å². The van der Waals surface area contributed by atoms with Gasteiger partial charge >= 0.3 is 0 Å². The third-order valence-corrected chi connectivity index (χ3v) is 5.21. The Kier molecular flexibility index (Phi) is 6.30. The molecule has 0 spiro atoms. The van der Waals surface area contributed by atoms with Crippen molar-refractivity contribution in [3.8, 4) is 0 Å². The molecule has 2 rings (SSSR count). The van der Waals surface area contributed by atoms with E-state index in [9.17, 15) is 0 Å². The van der Waals surface area contributed by atoms with Crippen molar-refractivity contribution in [1.29, 1.82) is 3.56 Å². The molecule has 1 aromatic carbocycles. The number of anilines is 1. The highest BCUT2D eigenvalue weighted by atomic mass is 127. The number of hydrazone groups is 1. The molecule has 1 aromatic rings. The minimum absolute atomic E-state index is 0.250. The smallest absolute Gasteiger partial charge is 0.0899 e. The summed E-state index contributed by atoms with van der Waals surface area (Å²) in [5.41, 5.74) is 6.24. The lowest BCUT2D eigenvalue weighted by Crippen LogP contribution is -2.23. The monoisotopic (exact) mass is 410 g/mol. The molecule has 0 saturated heterocycles. The zero-order valence-corrected chi connectivity index (χ0v) is 15.4. The Morgan fingerprint density at radius 1 is 1.45 bits per heavy atom. The molecule has 2 atom stereocenters. The van der Waals surface area contributed by atoms with Crippen molar-refractivity contribution < 1.29 is 0 Å². The largest absolute Gasteiger partial charge is 0.379 e. The second kappa shape index (κ2) is 8.22. The topological polar surface area (TPSA) is 60.3 Å². The van der Waals surface area contributed by atoms with Crippen LogP contribution in [0.2, 0.25) is 0 Å². The van der Waals surface area contributed by atoms with E-state index in [4.69, 9.17) is 3.56 Å². The Hall–Kier alpha value is -1.50. The maximum Gasteiger partial charge on any atom is 0.0899 e. The molecule has 5 heteroatoms. The Balaban J connectivity index is 2.02. The summed E-state index contributed by atoms with van der Waals surface area (Å²) in [5.74, 6) is 0. The average molecular weight is 410 g/mol. The molecule has 22 heavy (non-hydrogen) atoms. The molecule has 1 heterocycles. The van der Waals surface area contributed by atoms with Crippen LogP contribution in [0.25, 0.3) is 0 Å². The first-order valence-electron chi connectivity index (χ1n) is 7.52. The molecule has 4 nitrogen and oxygen atoms in total. The van der Waals surface area contributed by atoms with E-state index in [0.29, 0.717) is 6.04 Å². The lowest BCUT2D eigenvalue weighted by Gasteiger charge is -2.15. The zero-order chi connectivity index (χ0) is 15.9. The molecule has 0 bridgehead atoms. The van der Waals surface area contributed by atoms with E-state index in [-0.39, 0.29) is 6.04 Å². The van der Waals surface area contributed by atoms with Gasteiger partial charge in [0.25, 0.3) is 0 Å². The summed E-state index contributed by atoms with van der Waals surface area (Å²) >= 11 is -0.546. The molecule has 0 amide bonds. The van der Waals surface area contributed by atoms with Gasteiger partial charge in [-0.25, -0.2) is 0 Å². The molecule has 0 radical (unpaired) electrons. The molecule has 1 aliphatic heterocycles. The molecule has 0 saturated carbocycles. The van der Waals surface area contributed by atoms with Gasteiger partial charge in [-0.05, 0) is 38.5 Å². The SMILES string of the molecule is CC/C(=C\C(C)Nc1ccc(C2=NN[C@H](C)C=C2)cc1)I=N. The molecule has 0 aliphatic carbocycles. The lowest BCUT2D eigenvalue weighted by molar-refractivity contribution is 0.665. The zero-order valence-electron chi connectivity index (χ0n) is 13.2. The molecule has 0 aromatic heterocycles. The van der Waals surface area contributed by atoms with Crippen molar-refractivity contribution in [2.75, 3.05) is 5.32 Å². The molecular weight excluding hydrogens is 387 g/mol. The maximum absolute atomic E-state index is 7.58. The van der Waals surface area contributed by atoms with Crippen molar-refractivity contribution in [3.63, 3.8) is 0 Å². The van der Waals surface area contributed by atoms with Crippen LogP contribution in [0.5, 0.6) is 0 Å². The summed E-state index contributed by atoms with van der Waals surface area (Å²) in [7, 11) is 0. The molecule has 0 fully saturated rings. The van der Waals surface area contributed by atoms with Crippen LogP contribution in [-0.2, 0) is 0 Å². The van der Waals surface area contributed by atoms with Crippen molar-refractivity contribution in [3.05, 3.63) is 51.6 Å². The minimum atomic E-state index is -0.546. The minimum Gasteiger partial charge on any atom is -0.379 e. The van der Waals surface area contributed by atoms with E-state index < -0.39 is 21.0 Å². The van der Waals surface area contributed by atoms with Gasteiger partial charge in [0.05, 0.1) is 11.8 Å². The van der Waals surface area contributed by atoms with E-state index in [1.54, 1.807) is 0 Å². The van der Waals surface area contributed by atoms with Crippen LogP contribution in [0.1, 0.15) is 32.8 Å². The Bertz CT molecular complexity index is 602. The van der Waals surface area contributed by atoms with Crippen molar-refractivity contribution in [1.82, 2.24) is 5.43 Å². The first-order chi connectivity index (χ1) is 10.6. The normalized spacial score (nSPS) is 19.3. The lowest BCUT2D eigenvalue weighted by atomic mass is 10.1. The molecule has 3 N–H and O–H groups in total. The van der Waals surface area contributed by atoms with Gasteiger partial charge in [0.1, 0.15) is 0 Å². The number of nitrogens with one attached hydrogen (secondary N) is 3. The van der Waals surface area contributed by atoms with E-state index >= 15 is 0 Å². The fourth-order valence-corrected chi connectivity index (χ4v) is 3.28. The molecule has 1 aliphatic rings. The van der Waals surface area contributed by atoms with Crippen LogP contribution < -0.4 is 10.7 Å². The molecule has 1 unspecified atom stereocenters. The highest BCUT2D eigenvalue weighted by molar-refractivity contribution is 14.2. The van der Waals surface area contributed by atoms with Gasteiger partial charge in [0.2, 0.25) is 0 Å². The van der Waals surface area contributed by atoms with Gasteiger partial charge in [0.15, 0.2) is 0 Å². The molecular formula is C17H23IN4. The Labute approximate surface area is 142 Å². The summed E-state index contributed by atoms with van der Waals surface area (Å²) in [4.78, 5) is 0. The Morgan fingerprint density at radius 3 is 2.73 bits per heavy atom. The van der Waals surface area contributed by atoms with E-state index in [1.165, 1.54) is 3.58 Å². The average Bonchev–Trinajstić information content (AvgIpc) is 2.54. The number of hydrogen-bond acceptors (Lipinski definition) is 4. The first kappa shape index (κ1) is 16.9. The van der Waals surface area contributed by atoms with Crippen LogP contribution in [-0.4, -0.2) is 17.8 Å². The van der Waals surface area contributed by atoms with Crippen LogP contribution in [0.15, 0.2) is 51.2 Å². The predicted molar refractivity (Wildman–Crippen MR) is 103 cm³/mol. The second-order valence-corrected chi connectivity index (χ2v) is 7.27. The maximum atomic E-state index is 7.58. The number of nitrogens with zero attached hydrogens (tertiary/aromatic N) is 1. The number of benzene rings is 1. The Morgan fingerprint density at radius 2 is 2.18 bits per heavy atom. The number of halogens is 1. The summed E-state index contributed by atoms with van der Waals surface area (Å²) in [6.45, 7) is 6.32. The van der Waals surface area contributed by atoms with Gasteiger partial charge < -0.3 is 10.7 Å². The van der Waals surface area contributed by atoms with Gasteiger partial charge in [-0.15, -0.1) is 0 Å². The number of rotatable bonds is 6. The third kappa shape index (κ3) is 4.76. The van der Waals surface area contributed by atoms with Crippen molar-refractivity contribution >= 4 is 32.4 Å². The standard InChI is InChI=1S/C17H23IN4/c1-4-15(18-19)11-13(3)20-16-8-6-14(7-9-16)17-10-5-12(2)21-22-17/h5-13,19-21H,4H2,1-3H3/b15-11+/t12-,13?/m1/s1. The van der Waals surface area contributed by atoms with Crippen molar-refractivity contribution in [2.24, 2.45) is 5.10 Å². The van der Waals surface area contributed by atoms with Crippen LogP contribution in [0, 0.1) is 3.56 Å². The summed E-state index contributed by atoms with van der Waals surface area (Å²) in [6.07, 6.45) is 7.34. The highest BCUT2D eigenvalue weighted by Gasteiger charge is 2.07. The number of allylic oxidation sites excluding steroid dienone is 2. The first-order valence-corrected chi connectivity index (χ1v) is 9.67. The van der Waals surface area contributed by atoms with Gasteiger partial charge in [0, 0.05) is 41.9 Å². The summed E-state index contributed by atoms with van der Waals surface area (Å²) in [6, 6.07) is 8.87. The highest BCUT2D eigenvalue weighted by Crippen LogP contribution is 2.19. The predicted octanol–water partition coefficient (Wildman–Crippen LogP) is 4.77.